The molecule has 1 saturated heterocycles. The number of hydrogen-bond donors (Lipinski definition) is 3. The molecule has 172 valence electrons. The molecule has 1 unspecified atom stereocenters. The van der Waals surface area contributed by atoms with Gasteiger partial charge in [0.2, 0.25) is 0 Å². The monoisotopic (exact) mass is 438 g/mol. The predicted molar refractivity (Wildman–Crippen MR) is 127 cm³/mol. The molecule has 1 fully saturated rings. The molecule has 2 heterocycles. The summed E-state index contributed by atoms with van der Waals surface area (Å²) in [6, 6.07) is 12.2. The number of nitrogen functional groups attached to an aromatic ring is 1. The Bertz CT molecular complexity index is 912. The van der Waals surface area contributed by atoms with Crippen LogP contribution in [0, 0.1) is 11.3 Å². The molecule has 1 aromatic carbocycles. The minimum atomic E-state index is 0.373. The zero-order valence-corrected chi connectivity index (χ0v) is 19.0. The second-order valence-electron chi connectivity index (χ2n) is 7.81. The van der Waals surface area contributed by atoms with Crippen molar-refractivity contribution < 1.29 is 4.74 Å². The summed E-state index contributed by atoms with van der Waals surface area (Å²) in [6.45, 7) is 10.0. The number of aromatic nitrogens is 2. The van der Waals surface area contributed by atoms with Crippen LogP contribution in [0.2, 0.25) is 0 Å². The standard InChI is InChI=1S/C23H34N8O/c1-3-26-23(28-17-18(2)30-12-14-32-15-13-30)27-11-7-10-21-20(16-24)22(25)31(29-21)19-8-5-4-6-9-19/h4-6,8-9,18H,3,7,10-15,17,25H2,1-2H3,(H2,26,27,28). The SMILES string of the molecule is CCNC(=NCC(C)N1CCOCC1)NCCCc1nn(-c2ccccc2)c(N)c1C#N. The van der Waals surface area contributed by atoms with E-state index < -0.39 is 0 Å². The molecule has 0 amide bonds. The van der Waals surface area contributed by atoms with E-state index in [1.54, 1.807) is 4.68 Å². The summed E-state index contributed by atoms with van der Waals surface area (Å²) in [5.41, 5.74) is 8.21. The van der Waals surface area contributed by atoms with Crippen LogP contribution in [0.3, 0.4) is 0 Å². The van der Waals surface area contributed by atoms with Gasteiger partial charge in [-0.25, -0.2) is 4.68 Å². The lowest BCUT2D eigenvalue weighted by atomic mass is 10.1. The topological polar surface area (TPSA) is 117 Å². The van der Waals surface area contributed by atoms with Crippen molar-refractivity contribution in [3.63, 3.8) is 0 Å². The number of benzene rings is 1. The first-order chi connectivity index (χ1) is 15.6. The Morgan fingerprint density at radius 3 is 2.72 bits per heavy atom. The van der Waals surface area contributed by atoms with Crippen LogP contribution in [0.4, 0.5) is 5.82 Å². The highest BCUT2D eigenvalue weighted by atomic mass is 16.5. The molecule has 0 spiro atoms. The second-order valence-corrected chi connectivity index (χ2v) is 7.81. The van der Waals surface area contributed by atoms with Crippen LogP contribution < -0.4 is 16.4 Å². The molecule has 32 heavy (non-hydrogen) atoms. The van der Waals surface area contributed by atoms with E-state index in [4.69, 9.17) is 15.5 Å². The van der Waals surface area contributed by atoms with Gasteiger partial charge in [-0.2, -0.15) is 10.4 Å². The molecule has 0 aliphatic carbocycles. The van der Waals surface area contributed by atoms with E-state index >= 15 is 0 Å². The fraction of sp³-hybridized carbons (Fsp3) is 0.522. The molecule has 1 aliphatic heterocycles. The van der Waals surface area contributed by atoms with E-state index in [9.17, 15) is 5.26 Å². The third-order valence-electron chi connectivity index (χ3n) is 5.52. The highest BCUT2D eigenvalue weighted by molar-refractivity contribution is 5.79. The number of ether oxygens (including phenoxy) is 1. The van der Waals surface area contributed by atoms with Crippen molar-refractivity contribution >= 4 is 11.8 Å². The van der Waals surface area contributed by atoms with Gasteiger partial charge in [-0.15, -0.1) is 0 Å². The number of nitrogens with two attached hydrogens (primary N) is 1. The Morgan fingerprint density at radius 2 is 2.03 bits per heavy atom. The molecule has 4 N–H and O–H groups in total. The van der Waals surface area contributed by atoms with Gasteiger partial charge in [-0.3, -0.25) is 9.89 Å². The second kappa shape index (κ2) is 12.1. The average molecular weight is 439 g/mol. The Kier molecular flexibility index (Phi) is 8.90. The Labute approximate surface area is 190 Å². The van der Waals surface area contributed by atoms with Crippen LogP contribution in [0.15, 0.2) is 35.3 Å². The quantitative estimate of drug-likeness (QED) is 0.309. The molecule has 1 aromatic heterocycles. The van der Waals surface area contributed by atoms with E-state index in [0.29, 0.717) is 23.8 Å². The summed E-state index contributed by atoms with van der Waals surface area (Å²) >= 11 is 0. The predicted octanol–water partition coefficient (Wildman–Crippen LogP) is 1.53. The molecule has 3 rings (SSSR count). The number of nitrogens with one attached hydrogen (secondary N) is 2. The smallest absolute Gasteiger partial charge is 0.191 e. The lowest BCUT2D eigenvalue weighted by Gasteiger charge is -2.31. The normalized spacial score (nSPS) is 15.8. The Hall–Kier alpha value is -3.09. The van der Waals surface area contributed by atoms with Crippen LogP contribution in [-0.4, -0.2) is 72.6 Å². The van der Waals surface area contributed by atoms with Gasteiger partial charge >= 0.3 is 0 Å². The first kappa shape index (κ1) is 23.6. The molecular weight excluding hydrogens is 404 g/mol. The Morgan fingerprint density at radius 1 is 1.28 bits per heavy atom. The van der Waals surface area contributed by atoms with E-state index in [1.807, 2.05) is 30.3 Å². The van der Waals surface area contributed by atoms with E-state index in [-0.39, 0.29) is 0 Å². The van der Waals surface area contributed by atoms with Crippen molar-refractivity contribution in [1.82, 2.24) is 25.3 Å². The van der Waals surface area contributed by atoms with Gasteiger partial charge in [0.05, 0.1) is 31.1 Å². The Balaban J connectivity index is 1.54. The summed E-state index contributed by atoms with van der Waals surface area (Å²) < 4.78 is 7.07. The van der Waals surface area contributed by atoms with Gasteiger partial charge in [0.15, 0.2) is 5.96 Å². The number of hydrogen-bond acceptors (Lipinski definition) is 6. The minimum Gasteiger partial charge on any atom is -0.382 e. The molecule has 0 saturated carbocycles. The lowest BCUT2D eigenvalue weighted by molar-refractivity contribution is 0.0220. The highest BCUT2D eigenvalue weighted by Gasteiger charge is 2.17. The number of aryl methyl sites for hydroxylation is 1. The number of nitrogens with zero attached hydrogens (tertiary/aromatic N) is 5. The highest BCUT2D eigenvalue weighted by Crippen LogP contribution is 2.21. The number of aliphatic imine (C=N–C) groups is 1. The van der Waals surface area contributed by atoms with Gasteiger partial charge in [-0.1, -0.05) is 18.2 Å². The third-order valence-corrected chi connectivity index (χ3v) is 5.52. The summed E-state index contributed by atoms with van der Waals surface area (Å²) in [4.78, 5) is 7.15. The largest absolute Gasteiger partial charge is 0.382 e. The number of guanidine groups is 1. The number of anilines is 1. The van der Waals surface area contributed by atoms with Gasteiger partial charge in [0.1, 0.15) is 17.5 Å². The number of rotatable bonds is 9. The van der Waals surface area contributed by atoms with Crippen molar-refractivity contribution in [3.8, 4) is 11.8 Å². The number of morpholine rings is 1. The number of para-hydroxylation sites is 1. The molecule has 9 heteroatoms. The van der Waals surface area contributed by atoms with Gasteiger partial charge in [0.25, 0.3) is 0 Å². The third kappa shape index (κ3) is 6.22. The average Bonchev–Trinajstić information content (AvgIpc) is 3.16. The zero-order chi connectivity index (χ0) is 22.8. The van der Waals surface area contributed by atoms with Crippen LogP contribution in [-0.2, 0) is 11.2 Å². The van der Waals surface area contributed by atoms with Crippen molar-refractivity contribution in [2.45, 2.75) is 32.7 Å². The fourth-order valence-corrected chi connectivity index (χ4v) is 3.70. The molecule has 1 atom stereocenters. The van der Waals surface area contributed by atoms with Crippen LogP contribution in [0.5, 0.6) is 0 Å². The maximum atomic E-state index is 9.56. The maximum Gasteiger partial charge on any atom is 0.191 e. The summed E-state index contributed by atoms with van der Waals surface area (Å²) in [6.07, 6.45) is 1.47. The van der Waals surface area contributed by atoms with Gasteiger partial charge < -0.3 is 21.1 Å². The van der Waals surface area contributed by atoms with Crippen molar-refractivity contribution in [1.29, 1.82) is 5.26 Å². The minimum absolute atomic E-state index is 0.373. The first-order valence-electron chi connectivity index (χ1n) is 11.3. The fourth-order valence-electron chi connectivity index (χ4n) is 3.70. The van der Waals surface area contributed by atoms with Crippen molar-refractivity contribution in [3.05, 3.63) is 41.6 Å². The molecule has 2 aromatic rings. The van der Waals surface area contributed by atoms with Gasteiger partial charge in [-0.05, 0) is 38.8 Å². The molecule has 1 aliphatic rings. The summed E-state index contributed by atoms with van der Waals surface area (Å²) in [5.74, 6) is 1.19. The molecule has 9 nitrogen and oxygen atoms in total. The van der Waals surface area contributed by atoms with Crippen molar-refractivity contribution in [2.24, 2.45) is 4.99 Å². The summed E-state index contributed by atoms with van der Waals surface area (Å²) in [5, 5.41) is 20.8. The van der Waals surface area contributed by atoms with Crippen LogP contribution in [0.25, 0.3) is 5.69 Å². The molecular formula is C23H34N8O. The molecule has 0 bridgehead atoms. The van der Waals surface area contributed by atoms with Gasteiger partial charge in [0, 0.05) is 32.2 Å². The molecule has 0 radical (unpaired) electrons. The maximum absolute atomic E-state index is 9.56. The summed E-state index contributed by atoms with van der Waals surface area (Å²) in [7, 11) is 0. The van der Waals surface area contributed by atoms with Crippen LogP contribution in [0.1, 0.15) is 31.5 Å². The van der Waals surface area contributed by atoms with E-state index in [2.05, 4.69) is 40.5 Å². The van der Waals surface area contributed by atoms with E-state index in [1.165, 1.54) is 0 Å². The zero-order valence-electron chi connectivity index (χ0n) is 19.0. The van der Waals surface area contributed by atoms with Crippen molar-refractivity contribution in [2.75, 3.05) is 51.7 Å². The number of nitriles is 1. The van der Waals surface area contributed by atoms with Crippen LogP contribution >= 0.6 is 0 Å². The lowest BCUT2D eigenvalue weighted by Crippen LogP contribution is -2.44. The van der Waals surface area contributed by atoms with E-state index in [0.717, 1.165) is 69.7 Å². The first-order valence-corrected chi connectivity index (χ1v) is 11.3.